The first-order chi connectivity index (χ1) is 7.69. The Labute approximate surface area is 97.6 Å². The zero-order valence-electron chi connectivity index (χ0n) is 10.1. The van der Waals surface area contributed by atoms with Crippen molar-refractivity contribution in [3.8, 4) is 5.75 Å². The molecule has 88 valence electrons. The zero-order chi connectivity index (χ0) is 12.0. The van der Waals surface area contributed by atoms with Crippen LogP contribution in [-0.2, 0) is 0 Å². The summed E-state index contributed by atoms with van der Waals surface area (Å²) in [6.07, 6.45) is 1.15. The van der Waals surface area contributed by atoms with Gasteiger partial charge in [0.25, 0.3) is 0 Å². The van der Waals surface area contributed by atoms with E-state index in [-0.39, 0.29) is 0 Å². The normalized spacial score (nSPS) is 12.2. The van der Waals surface area contributed by atoms with E-state index >= 15 is 0 Å². The molecular weight excluding hydrogens is 200 g/mol. The Balaban J connectivity index is 2.75. The summed E-state index contributed by atoms with van der Waals surface area (Å²) in [6.45, 7) is 8.42. The largest absolute Gasteiger partial charge is 0.489 e. The Morgan fingerprint density at radius 2 is 2.06 bits per heavy atom. The van der Waals surface area contributed by atoms with Gasteiger partial charge in [-0.3, -0.25) is 0 Å². The summed E-state index contributed by atoms with van der Waals surface area (Å²) in [5.41, 5.74) is 1.91. The second-order valence-corrected chi connectivity index (χ2v) is 3.85. The molecule has 0 spiro atoms. The fraction of sp³-hybridized carbons (Fsp3) is 0.429. The molecule has 1 N–H and O–H groups in total. The molecule has 0 aliphatic carbocycles. The summed E-state index contributed by atoms with van der Waals surface area (Å²) in [7, 11) is 0. The topological polar surface area (TPSA) is 29.5 Å². The maximum Gasteiger partial charge on any atom is 0.125 e. The molecule has 1 rings (SSSR count). The Bertz CT molecular complexity index is 344. The molecule has 0 radical (unpaired) electrons. The third-order valence-corrected chi connectivity index (χ3v) is 2.60. The Morgan fingerprint density at radius 3 is 2.69 bits per heavy atom. The molecule has 2 nitrogen and oxygen atoms in total. The molecule has 0 heterocycles. The van der Waals surface area contributed by atoms with Crippen LogP contribution in [0.25, 0.3) is 0 Å². The third kappa shape index (κ3) is 3.38. The van der Waals surface area contributed by atoms with Gasteiger partial charge in [-0.15, -0.1) is 0 Å². The molecule has 0 saturated carbocycles. The highest BCUT2D eigenvalue weighted by Gasteiger charge is 2.10. The SMILES string of the molecule is C=C(CC)COc1ccccc1[C@H](O)CC. The van der Waals surface area contributed by atoms with E-state index in [2.05, 4.69) is 13.5 Å². The molecule has 2 heteroatoms. The molecule has 1 atom stereocenters. The lowest BCUT2D eigenvalue weighted by atomic mass is 10.1. The molecule has 0 saturated heterocycles. The van der Waals surface area contributed by atoms with Crippen LogP contribution >= 0.6 is 0 Å². The van der Waals surface area contributed by atoms with Crippen LogP contribution in [0.5, 0.6) is 5.75 Å². The van der Waals surface area contributed by atoms with E-state index in [4.69, 9.17) is 4.74 Å². The highest BCUT2D eigenvalue weighted by molar-refractivity contribution is 5.35. The number of aliphatic hydroxyl groups excluding tert-OH is 1. The van der Waals surface area contributed by atoms with Gasteiger partial charge in [0.1, 0.15) is 12.4 Å². The lowest BCUT2D eigenvalue weighted by molar-refractivity contribution is 0.168. The van der Waals surface area contributed by atoms with E-state index in [0.29, 0.717) is 13.0 Å². The highest BCUT2D eigenvalue weighted by atomic mass is 16.5. The second-order valence-electron chi connectivity index (χ2n) is 3.85. The minimum absolute atomic E-state index is 0.453. The van der Waals surface area contributed by atoms with Crippen molar-refractivity contribution >= 4 is 0 Å². The average Bonchev–Trinajstić information content (AvgIpc) is 2.35. The molecule has 0 unspecified atom stereocenters. The van der Waals surface area contributed by atoms with Crippen molar-refractivity contribution in [2.45, 2.75) is 32.8 Å². The summed E-state index contributed by atoms with van der Waals surface area (Å²) in [5.74, 6) is 0.756. The van der Waals surface area contributed by atoms with E-state index < -0.39 is 6.10 Å². The summed E-state index contributed by atoms with van der Waals surface area (Å²) < 4.78 is 5.65. The molecule has 0 aliphatic heterocycles. The van der Waals surface area contributed by atoms with Gasteiger partial charge < -0.3 is 9.84 Å². The number of benzene rings is 1. The van der Waals surface area contributed by atoms with E-state index in [9.17, 15) is 5.11 Å². The second kappa shape index (κ2) is 6.33. The molecule has 0 aromatic heterocycles. The third-order valence-electron chi connectivity index (χ3n) is 2.60. The van der Waals surface area contributed by atoms with Crippen LogP contribution in [0.2, 0.25) is 0 Å². The van der Waals surface area contributed by atoms with Crippen LogP contribution in [0, 0.1) is 0 Å². The average molecular weight is 220 g/mol. The number of rotatable bonds is 6. The van der Waals surface area contributed by atoms with Gasteiger partial charge in [-0.2, -0.15) is 0 Å². The number of hydrogen-bond acceptors (Lipinski definition) is 2. The lowest BCUT2D eigenvalue weighted by Crippen LogP contribution is -2.04. The van der Waals surface area contributed by atoms with Crippen LogP contribution in [-0.4, -0.2) is 11.7 Å². The molecule has 0 fully saturated rings. The van der Waals surface area contributed by atoms with Crippen LogP contribution in [0.15, 0.2) is 36.4 Å². The zero-order valence-corrected chi connectivity index (χ0v) is 10.1. The quantitative estimate of drug-likeness (QED) is 0.744. The number of aliphatic hydroxyl groups is 1. The van der Waals surface area contributed by atoms with Crippen molar-refractivity contribution in [3.05, 3.63) is 42.0 Å². The van der Waals surface area contributed by atoms with Gasteiger partial charge in [-0.1, -0.05) is 38.6 Å². The fourth-order valence-corrected chi connectivity index (χ4v) is 1.39. The minimum atomic E-state index is -0.453. The number of ether oxygens (including phenoxy) is 1. The summed E-state index contributed by atoms with van der Waals surface area (Å²) >= 11 is 0. The first kappa shape index (κ1) is 12.8. The van der Waals surface area contributed by atoms with Crippen molar-refractivity contribution in [1.82, 2.24) is 0 Å². The Hall–Kier alpha value is -1.28. The molecular formula is C14H20O2. The van der Waals surface area contributed by atoms with E-state index in [1.54, 1.807) is 0 Å². The van der Waals surface area contributed by atoms with Crippen molar-refractivity contribution in [3.63, 3.8) is 0 Å². The molecule has 16 heavy (non-hydrogen) atoms. The lowest BCUT2D eigenvalue weighted by Gasteiger charge is -2.15. The van der Waals surface area contributed by atoms with E-state index in [0.717, 1.165) is 23.3 Å². The molecule has 1 aromatic carbocycles. The van der Waals surface area contributed by atoms with E-state index in [1.165, 1.54) is 0 Å². The monoisotopic (exact) mass is 220 g/mol. The summed E-state index contributed by atoms with van der Waals surface area (Å²) in [6, 6.07) is 7.61. The van der Waals surface area contributed by atoms with Gasteiger partial charge in [0.05, 0.1) is 6.10 Å². The highest BCUT2D eigenvalue weighted by Crippen LogP contribution is 2.27. The Kier molecular flexibility index (Phi) is 5.06. The first-order valence-corrected chi connectivity index (χ1v) is 5.75. The fourth-order valence-electron chi connectivity index (χ4n) is 1.39. The number of hydrogen-bond donors (Lipinski definition) is 1. The van der Waals surface area contributed by atoms with Gasteiger partial charge in [0, 0.05) is 5.56 Å². The first-order valence-electron chi connectivity index (χ1n) is 5.75. The van der Waals surface area contributed by atoms with Gasteiger partial charge >= 0.3 is 0 Å². The predicted molar refractivity (Wildman–Crippen MR) is 66.6 cm³/mol. The van der Waals surface area contributed by atoms with Crippen LogP contribution in [0.3, 0.4) is 0 Å². The molecule has 0 amide bonds. The van der Waals surface area contributed by atoms with Crippen molar-refractivity contribution in [2.24, 2.45) is 0 Å². The van der Waals surface area contributed by atoms with Crippen molar-refractivity contribution < 1.29 is 9.84 Å². The maximum absolute atomic E-state index is 9.83. The standard InChI is InChI=1S/C14H20O2/c1-4-11(3)10-16-14-9-7-6-8-12(14)13(15)5-2/h6-9,13,15H,3-5,10H2,1-2H3/t13-/m1/s1. The number of para-hydroxylation sites is 1. The van der Waals surface area contributed by atoms with Gasteiger partial charge in [-0.05, 0) is 24.5 Å². The maximum atomic E-state index is 9.83. The van der Waals surface area contributed by atoms with Gasteiger partial charge in [0.2, 0.25) is 0 Å². The van der Waals surface area contributed by atoms with Gasteiger partial charge in [-0.25, -0.2) is 0 Å². The molecule has 0 bridgehead atoms. The van der Waals surface area contributed by atoms with Crippen LogP contribution in [0.1, 0.15) is 38.4 Å². The smallest absolute Gasteiger partial charge is 0.125 e. The van der Waals surface area contributed by atoms with Crippen molar-refractivity contribution in [1.29, 1.82) is 0 Å². The van der Waals surface area contributed by atoms with E-state index in [1.807, 2.05) is 31.2 Å². The van der Waals surface area contributed by atoms with Crippen LogP contribution < -0.4 is 4.74 Å². The molecule has 0 aliphatic rings. The van der Waals surface area contributed by atoms with Crippen molar-refractivity contribution in [2.75, 3.05) is 6.61 Å². The predicted octanol–water partition coefficient (Wildman–Crippen LogP) is 3.48. The summed E-state index contributed by atoms with van der Waals surface area (Å²) in [5, 5.41) is 9.83. The van der Waals surface area contributed by atoms with Gasteiger partial charge in [0.15, 0.2) is 0 Å². The van der Waals surface area contributed by atoms with Crippen LogP contribution in [0.4, 0.5) is 0 Å². The summed E-state index contributed by atoms with van der Waals surface area (Å²) in [4.78, 5) is 0. The molecule has 1 aromatic rings. The minimum Gasteiger partial charge on any atom is -0.489 e. The Morgan fingerprint density at radius 1 is 1.38 bits per heavy atom.